The monoisotopic (exact) mass is 487 g/mol. The van der Waals surface area contributed by atoms with Gasteiger partial charge in [-0.05, 0) is 63.3 Å². The fraction of sp³-hybridized carbons (Fsp3) is 0.435. The summed E-state index contributed by atoms with van der Waals surface area (Å²) in [5.74, 6) is 0.381. The molecule has 1 aliphatic carbocycles. The van der Waals surface area contributed by atoms with Crippen LogP contribution in [0.3, 0.4) is 0 Å². The Balaban J connectivity index is 1.49. The number of nitrogens with one attached hydrogen (secondary N) is 1. The zero-order valence-corrected chi connectivity index (χ0v) is 20.0. The van der Waals surface area contributed by atoms with Gasteiger partial charge in [0.15, 0.2) is 15.5 Å². The van der Waals surface area contributed by atoms with E-state index in [2.05, 4.69) is 10.4 Å². The molecule has 5 rings (SSSR count). The summed E-state index contributed by atoms with van der Waals surface area (Å²) in [5, 5.41) is 12.8. The molecule has 1 atom stereocenters. The van der Waals surface area contributed by atoms with E-state index in [9.17, 15) is 13.2 Å². The summed E-state index contributed by atoms with van der Waals surface area (Å²) in [7, 11) is -3.08. The van der Waals surface area contributed by atoms with Crippen LogP contribution in [0.2, 0.25) is 5.02 Å². The quantitative estimate of drug-likeness (QED) is 0.562. The number of rotatable bonds is 4. The van der Waals surface area contributed by atoms with Crippen LogP contribution in [0.25, 0.3) is 5.69 Å². The first kappa shape index (κ1) is 22.2. The summed E-state index contributed by atoms with van der Waals surface area (Å²) in [4.78, 5) is 13.4. The Morgan fingerprint density at radius 2 is 1.88 bits per heavy atom. The largest absolute Gasteiger partial charge is 0.305 e. The maximum Gasteiger partial charge on any atom is 0.277 e. The summed E-state index contributed by atoms with van der Waals surface area (Å²) in [6, 6.07) is 8.94. The van der Waals surface area contributed by atoms with Crippen molar-refractivity contribution >= 4 is 33.2 Å². The van der Waals surface area contributed by atoms with E-state index >= 15 is 0 Å². The number of halogens is 1. The van der Waals surface area contributed by atoms with Crippen molar-refractivity contribution in [2.75, 3.05) is 16.8 Å². The lowest BCUT2D eigenvalue weighted by atomic mass is 10.1. The molecule has 0 spiro atoms. The fourth-order valence-electron chi connectivity index (χ4n) is 4.79. The third kappa shape index (κ3) is 4.44. The van der Waals surface area contributed by atoms with Crippen molar-refractivity contribution in [2.45, 2.75) is 51.5 Å². The SMILES string of the molecule is Cc1cc(NC(=O)c2nn(-c3ccc(Cl)cc3)c3c2CCCCC3)n(C2CCS(=O)(=O)C2)n1. The Morgan fingerprint density at radius 1 is 1.12 bits per heavy atom. The zero-order chi connectivity index (χ0) is 23.2. The third-order valence-corrected chi connectivity index (χ3v) is 8.37. The first-order chi connectivity index (χ1) is 15.8. The molecule has 1 fully saturated rings. The molecule has 1 saturated heterocycles. The molecule has 1 aromatic carbocycles. The van der Waals surface area contributed by atoms with Gasteiger partial charge in [-0.3, -0.25) is 4.79 Å². The lowest BCUT2D eigenvalue weighted by Gasteiger charge is -2.13. The molecule has 1 N–H and O–H groups in total. The summed E-state index contributed by atoms with van der Waals surface area (Å²) in [5.41, 5.74) is 4.04. The predicted molar refractivity (Wildman–Crippen MR) is 127 cm³/mol. The molecule has 1 aliphatic heterocycles. The maximum absolute atomic E-state index is 13.4. The maximum atomic E-state index is 13.4. The van der Waals surface area contributed by atoms with Crippen LogP contribution in [0, 0.1) is 6.92 Å². The molecule has 1 amide bonds. The second-order valence-corrected chi connectivity index (χ2v) is 11.5. The van der Waals surface area contributed by atoms with Crippen molar-refractivity contribution in [3.05, 3.63) is 58.0 Å². The van der Waals surface area contributed by atoms with Gasteiger partial charge in [0, 0.05) is 22.3 Å². The number of aryl methyl sites for hydroxylation is 1. The molecule has 2 aliphatic rings. The molecule has 2 aromatic heterocycles. The molecule has 174 valence electrons. The molecular formula is C23H26ClN5O3S. The van der Waals surface area contributed by atoms with Crippen LogP contribution in [0.4, 0.5) is 5.82 Å². The van der Waals surface area contributed by atoms with Gasteiger partial charge in [0.2, 0.25) is 0 Å². The Labute approximate surface area is 197 Å². The molecule has 1 unspecified atom stereocenters. The Hall–Kier alpha value is -2.65. The number of carbonyl (C=O) groups excluding carboxylic acids is 1. The van der Waals surface area contributed by atoms with Crippen LogP contribution in [0.5, 0.6) is 0 Å². The molecule has 8 nitrogen and oxygen atoms in total. The van der Waals surface area contributed by atoms with Crippen LogP contribution in [0.1, 0.15) is 59.2 Å². The highest BCUT2D eigenvalue weighted by atomic mass is 35.5. The van der Waals surface area contributed by atoms with Gasteiger partial charge >= 0.3 is 0 Å². The molecule has 3 heterocycles. The molecule has 3 aromatic rings. The zero-order valence-electron chi connectivity index (χ0n) is 18.4. The average molecular weight is 488 g/mol. The van der Waals surface area contributed by atoms with Gasteiger partial charge in [0.05, 0.1) is 28.9 Å². The van der Waals surface area contributed by atoms with Crippen molar-refractivity contribution in [1.29, 1.82) is 0 Å². The van der Waals surface area contributed by atoms with Gasteiger partial charge in [-0.1, -0.05) is 18.0 Å². The second-order valence-electron chi connectivity index (χ2n) is 8.85. The number of sulfone groups is 1. The Morgan fingerprint density at radius 3 is 2.61 bits per heavy atom. The van der Waals surface area contributed by atoms with Crippen LogP contribution in [-0.4, -0.2) is 45.4 Å². The summed E-state index contributed by atoms with van der Waals surface area (Å²) >= 11 is 6.06. The number of benzene rings is 1. The van der Waals surface area contributed by atoms with Crippen molar-refractivity contribution < 1.29 is 13.2 Å². The van der Waals surface area contributed by atoms with Gasteiger partial charge in [-0.25, -0.2) is 17.8 Å². The number of hydrogen-bond donors (Lipinski definition) is 1. The van der Waals surface area contributed by atoms with Crippen molar-refractivity contribution in [1.82, 2.24) is 19.6 Å². The first-order valence-electron chi connectivity index (χ1n) is 11.3. The van der Waals surface area contributed by atoms with Crippen LogP contribution < -0.4 is 5.32 Å². The van der Waals surface area contributed by atoms with E-state index < -0.39 is 9.84 Å². The molecule has 33 heavy (non-hydrogen) atoms. The summed E-state index contributed by atoms with van der Waals surface area (Å²) in [6.07, 6.45) is 5.32. The number of anilines is 1. The van der Waals surface area contributed by atoms with Gasteiger partial charge in [0.1, 0.15) is 5.82 Å². The second kappa shape index (κ2) is 8.61. The summed E-state index contributed by atoms with van der Waals surface area (Å²) in [6.45, 7) is 1.83. The molecule has 10 heteroatoms. The fourth-order valence-corrected chi connectivity index (χ4v) is 6.60. The minimum Gasteiger partial charge on any atom is -0.305 e. The highest BCUT2D eigenvalue weighted by molar-refractivity contribution is 7.91. The lowest BCUT2D eigenvalue weighted by Crippen LogP contribution is -2.20. The van der Waals surface area contributed by atoms with Crippen molar-refractivity contribution in [2.24, 2.45) is 0 Å². The number of fused-ring (bicyclic) bond motifs is 1. The lowest BCUT2D eigenvalue weighted by molar-refractivity contribution is 0.101. The number of nitrogens with zero attached hydrogens (tertiary/aromatic N) is 4. The number of aromatic nitrogens is 4. The van der Waals surface area contributed by atoms with E-state index in [1.165, 1.54) is 0 Å². The minimum absolute atomic E-state index is 0.0393. The smallest absolute Gasteiger partial charge is 0.277 e. The van der Waals surface area contributed by atoms with Gasteiger partial charge in [-0.2, -0.15) is 10.2 Å². The van der Waals surface area contributed by atoms with Gasteiger partial charge < -0.3 is 5.32 Å². The van der Waals surface area contributed by atoms with Crippen molar-refractivity contribution in [3.8, 4) is 5.69 Å². The molecule has 0 radical (unpaired) electrons. The van der Waals surface area contributed by atoms with Crippen LogP contribution in [-0.2, 0) is 22.7 Å². The normalized spacial score (nSPS) is 19.8. The highest BCUT2D eigenvalue weighted by Crippen LogP contribution is 2.30. The van der Waals surface area contributed by atoms with E-state index in [0.717, 1.165) is 54.7 Å². The van der Waals surface area contributed by atoms with Gasteiger partial charge in [0.25, 0.3) is 5.91 Å². The van der Waals surface area contributed by atoms with E-state index in [4.69, 9.17) is 16.7 Å². The summed E-state index contributed by atoms with van der Waals surface area (Å²) < 4.78 is 27.5. The molecule has 0 saturated carbocycles. The topological polar surface area (TPSA) is 98.9 Å². The van der Waals surface area contributed by atoms with Crippen LogP contribution in [0.15, 0.2) is 30.3 Å². The van der Waals surface area contributed by atoms with E-state index in [0.29, 0.717) is 23.0 Å². The Bertz CT molecular complexity index is 1310. The van der Waals surface area contributed by atoms with E-state index in [1.54, 1.807) is 10.7 Å². The highest BCUT2D eigenvalue weighted by Gasteiger charge is 2.32. The van der Waals surface area contributed by atoms with E-state index in [1.807, 2.05) is 35.9 Å². The van der Waals surface area contributed by atoms with Crippen molar-refractivity contribution in [3.63, 3.8) is 0 Å². The van der Waals surface area contributed by atoms with Gasteiger partial charge in [-0.15, -0.1) is 0 Å². The average Bonchev–Trinajstić information content (AvgIpc) is 3.37. The number of amides is 1. The standard InChI is InChI=1S/C23H26ClN5O3S/c1-15-13-21(29(26-15)18-11-12-33(31,32)14-18)25-23(30)22-19-5-3-2-4-6-20(19)28(27-22)17-9-7-16(24)8-10-17/h7-10,13,18H,2-6,11-12,14H2,1H3,(H,25,30). The number of hydrogen-bond acceptors (Lipinski definition) is 5. The van der Waals surface area contributed by atoms with Crippen LogP contribution >= 0.6 is 11.6 Å². The predicted octanol–water partition coefficient (Wildman–Crippen LogP) is 3.91. The first-order valence-corrected chi connectivity index (χ1v) is 13.5. The third-order valence-electron chi connectivity index (χ3n) is 6.37. The van der Waals surface area contributed by atoms with E-state index in [-0.39, 0.29) is 23.5 Å². The minimum atomic E-state index is -3.08. The molecule has 0 bridgehead atoms. The Kier molecular flexibility index (Phi) is 5.78. The number of carbonyl (C=O) groups is 1. The molecular weight excluding hydrogens is 462 g/mol.